The number of aliphatic hydroxyl groups is 2. The van der Waals surface area contributed by atoms with Crippen molar-refractivity contribution in [2.24, 2.45) is 0 Å². The second-order valence-corrected chi connectivity index (χ2v) is 3.82. The molecule has 0 aliphatic rings. The SMILES string of the molecule is O=C(Oc1cnccn1)C(O)C(O)C(=O)Oc1cnccn1. The minimum Gasteiger partial charge on any atom is -0.404 e. The van der Waals surface area contributed by atoms with E-state index in [1.807, 2.05) is 0 Å². The zero-order valence-corrected chi connectivity index (χ0v) is 10.9. The van der Waals surface area contributed by atoms with Gasteiger partial charge in [0.1, 0.15) is 0 Å². The van der Waals surface area contributed by atoms with E-state index in [0.29, 0.717) is 0 Å². The van der Waals surface area contributed by atoms with E-state index in [2.05, 4.69) is 29.4 Å². The Morgan fingerprint density at radius 1 is 0.818 bits per heavy atom. The maximum absolute atomic E-state index is 11.6. The van der Waals surface area contributed by atoms with Crippen LogP contribution in [0, 0.1) is 0 Å². The lowest BCUT2D eigenvalue weighted by molar-refractivity contribution is -0.162. The van der Waals surface area contributed by atoms with Crippen LogP contribution in [0.3, 0.4) is 0 Å². The third-order valence-corrected chi connectivity index (χ3v) is 2.27. The highest BCUT2D eigenvalue weighted by atomic mass is 16.6. The summed E-state index contributed by atoms with van der Waals surface area (Å²) in [6.45, 7) is 0. The second kappa shape index (κ2) is 7.15. The van der Waals surface area contributed by atoms with Crippen molar-refractivity contribution in [2.75, 3.05) is 0 Å². The van der Waals surface area contributed by atoms with Gasteiger partial charge in [-0.1, -0.05) is 0 Å². The molecular weight excluding hydrogens is 296 g/mol. The van der Waals surface area contributed by atoms with Gasteiger partial charge in [0.05, 0.1) is 12.4 Å². The van der Waals surface area contributed by atoms with E-state index in [1.54, 1.807) is 0 Å². The average molecular weight is 306 g/mol. The summed E-state index contributed by atoms with van der Waals surface area (Å²) in [7, 11) is 0. The number of ether oxygens (including phenoxy) is 2. The molecule has 2 N–H and O–H groups in total. The predicted octanol–water partition coefficient (Wildman–Crippen LogP) is -1.50. The van der Waals surface area contributed by atoms with Gasteiger partial charge in [0, 0.05) is 24.8 Å². The fraction of sp³-hybridized carbons (Fsp3) is 0.167. The Morgan fingerprint density at radius 2 is 1.23 bits per heavy atom. The van der Waals surface area contributed by atoms with Gasteiger partial charge in [0.15, 0.2) is 12.2 Å². The molecule has 2 atom stereocenters. The Kier molecular flexibility index (Phi) is 5.01. The van der Waals surface area contributed by atoms with Crippen LogP contribution in [0.25, 0.3) is 0 Å². The first-order chi connectivity index (χ1) is 10.6. The quantitative estimate of drug-likeness (QED) is 0.626. The van der Waals surface area contributed by atoms with Crippen molar-refractivity contribution in [1.29, 1.82) is 0 Å². The van der Waals surface area contributed by atoms with Crippen LogP contribution in [0.5, 0.6) is 11.8 Å². The molecule has 0 aliphatic heterocycles. The first-order valence-corrected chi connectivity index (χ1v) is 5.89. The summed E-state index contributed by atoms with van der Waals surface area (Å²) in [5, 5.41) is 19.2. The number of hydrogen-bond donors (Lipinski definition) is 2. The molecule has 10 heteroatoms. The minimum absolute atomic E-state index is 0.193. The van der Waals surface area contributed by atoms with Gasteiger partial charge in [-0.3, -0.25) is 9.97 Å². The third kappa shape index (κ3) is 4.01. The van der Waals surface area contributed by atoms with Crippen molar-refractivity contribution in [3.05, 3.63) is 37.2 Å². The smallest absolute Gasteiger partial charge is 0.345 e. The molecule has 0 aromatic carbocycles. The monoisotopic (exact) mass is 306 g/mol. The molecule has 0 saturated heterocycles. The van der Waals surface area contributed by atoms with E-state index >= 15 is 0 Å². The fourth-order valence-electron chi connectivity index (χ4n) is 1.26. The van der Waals surface area contributed by atoms with E-state index in [0.717, 1.165) is 12.4 Å². The molecule has 114 valence electrons. The van der Waals surface area contributed by atoms with Gasteiger partial charge in [-0.15, -0.1) is 0 Å². The Bertz CT molecular complexity index is 581. The number of aliphatic hydroxyl groups excluding tert-OH is 2. The van der Waals surface area contributed by atoms with Crippen molar-refractivity contribution >= 4 is 11.9 Å². The predicted molar refractivity (Wildman–Crippen MR) is 67.3 cm³/mol. The van der Waals surface area contributed by atoms with Crippen molar-refractivity contribution in [2.45, 2.75) is 12.2 Å². The number of rotatable bonds is 5. The first kappa shape index (κ1) is 15.4. The normalized spacial score (nSPS) is 13.0. The highest BCUT2D eigenvalue weighted by Gasteiger charge is 2.34. The van der Waals surface area contributed by atoms with E-state index in [9.17, 15) is 19.8 Å². The van der Waals surface area contributed by atoms with Crippen LogP contribution in [0.2, 0.25) is 0 Å². The van der Waals surface area contributed by atoms with E-state index in [-0.39, 0.29) is 11.8 Å². The van der Waals surface area contributed by atoms with Gasteiger partial charge in [0.25, 0.3) is 0 Å². The van der Waals surface area contributed by atoms with Crippen LogP contribution in [0.1, 0.15) is 0 Å². The number of aromatic nitrogens is 4. The summed E-state index contributed by atoms with van der Waals surface area (Å²) < 4.78 is 9.28. The summed E-state index contributed by atoms with van der Waals surface area (Å²) >= 11 is 0. The molecular formula is C12H10N4O6. The summed E-state index contributed by atoms with van der Waals surface area (Å²) in [4.78, 5) is 37.7. The van der Waals surface area contributed by atoms with Crippen molar-refractivity contribution in [3.63, 3.8) is 0 Å². The van der Waals surface area contributed by atoms with E-state index in [4.69, 9.17) is 0 Å². The minimum atomic E-state index is -2.16. The summed E-state index contributed by atoms with van der Waals surface area (Å²) in [6.07, 6.45) is 3.13. The Morgan fingerprint density at radius 3 is 1.55 bits per heavy atom. The molecule has 10 nitrogen and oxygen atoms in total. The van der Waals surface area contributed by atoms with E-state index in [1.165, 1.54) is 24.8 Å². The highest BCUT2D eigenvalue weighted by Crippen LogP contribution is 2.08. The molecule has 0 spiro atoms. The zero-order chi connectivity index (χ0) is 15.9. The lowest BCUT2D eigenvalue weighted by Crippen LogP contribution is -2.43. The van der Waals surface area contributed by atoms with Gasteiger partial charge in [-0.2, -0.15) is 0 Å². The average Bonchev–Trinajstić information content (AvgIpc) is 2.55. The maximum atomic E-state index is 11.6. The number of esters is 2. The molecule has 2 aromatic rings. The highest BCUT2D eigenvalue weighted by molar-refractivity contribution is 5.86. The number of carbonyl (C=O) groups excluding carboxylic acids is 2. The van der Waals surface area contributed by atoms with Crippen LogP contribution in [0.15, 0.2) is 37.2 Å². The lowest BCUT2D eigenvalue weighted by atomic mass is 10.2. The van der Waals surface area contributed by atoms with Crippen LogP contribution in [-0.4, -0.2) is 54.3 Å². The van der Waals surface area contributed by atoms with Crippen LogP contribution >= 0.6 is 0 Å². The molecule has 0 fully saturated rings. The van der Waals surface area contributed by atoms with Crippen LogP contribution in [0.4, 0.5) is 0 Å². The molecule has 22 heavy (non-hydrogen) atoms. The molecule has 2 heterocycles. The molecule has 0 bridgehead atoms. The summed E-state index contributed by atoms with van der Waals surface area (Å²) in [5.74, 6) is -2.96. The largest absolute Gasteiger partial charge is 0.404 e. The molecule has 2 aromatic heterocycles. The molecule has 0 radical (unpaired) electrons. The van der Waals surface area contributed by atoms with E-state index < -0.39 is 24.1 Å². The summed E-state index contributed by atoms with van der Waals surface area (Å²) in [5.41, 5.74) is 0. The number of nitrogens with zero attached hydrogens (tertiary/aromatic N) is 4. The molecule has 2 unspecified atom stereocenters. The van der Waals surface area contributed by atoms with Crippen molar-refractivity contribution in [1.82, 2.24) is 19.9 Å². The second-order valence-electron chi connectivity index (χ2n) is 3.82. The van der Waals surface area contributed by atoms with Gasteiger partial charge in [-0.25, -0.2) is 19.6 Å². The standard InChI is InChI=1S/C12H10N4O6/c17-9(11(19)21-7-5-13-1-3-15-7)10(18)12(20)22-8-6-14-2-4-16-8/h1-6,9-10,17-18H. The Hall–Kier alpha value is -2.98. The van der Waals surface area contributed by atoms with Gasteiger partial charge in [-0.05, 0) is 0 Å². The third-order valence-electron chi connectivity index (χ3n) is 2.27. The van der Waals surface area contributed by atoms with Gasteiger partial charge in [0.2, 0.25) is 11.8 Å². The van der Waals surface area contributed by atoms with Crippen LogP contribution in [-0.2, 0) is 9.59 Å². The Labute approximate surface area is 123 Å². The Balaban J connectivity index is 1.94. The summed E-state index contributed by atoms with van der Waals surface area (Å²) in [6, 6.07) is 0. The molecule has 0 amide bonds. The molecule has 0 saturated carbocycles. The van der Waals surface area contributed by atoms with Crippen LogP contribution < -0.4 is 9.47 Å². The fourth-order valence-corrected chi connectivity index (χ4v) is 1.26. The molecule has 2 rings (SSSR count). The van der Waals surface area contributed by atoms with Gasteiger partial charge >= 0.3 is 11.9 Å². The number of hydrogen-bond acceptors (Lipinski definition) is 10. The first-order valence-electron chi connectivity index (χ1n) is 5.89. The zero-order valence-electron chi connectivity index (χ0n) is 10.9. The molecule has 0 aliphatic carbocycles. The van der Waals surface area contributed by atoms with Crippen molar-refractivity contribution < 1.29 is 29.3 Å². The van der Waals surface area contributed by atoms with Crippen molar-refractivity contribution in [3.8, 4) is 11.8 Å². The maximum Gasteiger partial charge on any atom is 0.345 e. The lowest BCUT2D eigenvalue weighted by Gasteiger charge is -2.14. The number of carbonyl (C=O) groups is 2. The van der Waals surface area contributed by atoms with Gasteiger partial charge < -0.3 is 19.7 Å². The topological polar surface area (TPSA) is 145 Å².